The lowest BCUT2D eigenvalue weighted by Crippen LogP contribution is -2.37. The molecule has 1 saturated heterocycles. The Kier molecular flexibility index (Phi) is 4.02. The van der Waals surface area contributed by atoms with Crippen LogP contribution in [0.3, 0.4) is 0 Å². The number of carbonyl (C=O) groups excluding carboxylic acids is 1. The van der Waals surface area contributed by atoms with Crippen molar-refractivity contribution in [2.24, 2.45) is 0 Å². The van der Waals surface area contributed by atoms with Gasteiger partial charge in [0, 0.05) is 11.8 Å². The zero-order valence-electron chi connectivity index (χ0n) is 11.3. The van der Waals surface area contributed by atoms with Crippen LogP contribution in [0, 0.1) is 10.1 Å². The van der Waals surface area contributed by atoms with Crippen LogP contribution in [0.1, 0.15) is 13.8 Å². The third kappa shape index (κ3) is 3.40. The van der Waals surface area contributed by atoms with Gasteiger partial charge in [0.25, 0.3) is 5.69 Å². The smallest absolute Gasteiger partial charge is 0.328 e. The molecule has 1 heterocycles. The summed E-state index contributed by atoms with van der Waals surface area (Å²) in [4.78, 5) is 23.7. The third-order valence-corrected chi connectivity index (χ3v) is 3.53. The van der Waals surface area contributed by atoms with Crippen molar-refractivity contribution >= 4 is 46.3 Å². The quantitative estimate of drug-likeness (QED) is 0.495. The molecule has 1 aliphatic rings. The number of hydrogen-bond donors (Lipinski definition) is 2. The Labute approximate surface area is 131 Å². The van der Waals surface area contributed by atoms with Gasteiger partial charge in [-0.2, -0.15) is 0 Å². The van der Waals surface area contributed by atoms with E-state index in [0.29, 0.717) is 11.7 Å². The van der Waals surface area contributed by atoms with Gasteiger partial charge in [-0.3, -0.25) is 15.0 Å². The summed E-state index contributed by atoms with van der Waals surface area (Å²) in [5.74, 6) is 0. The van der Waals surface area contributed by atoms with E-state index in [1.807, 2.05) is 13.8 Å². The zero-order chi connectivity index (χ0) is 15.8. The Morgan fingerprint density at radius 3 is 2.76 bits per heavy atom. The molecular weight excluding hydrogens is 316 g/mol. The zero-order valence-corrected chi connectivity index (χ0v) is 12.9. The van der Waals surface area contributed by atoms with E-state index in [4.69, 9.17) is 23.8 Å². The molecule has 112 valence electrons. The molecule has 1 aromatic rings. The lowest BCUT2D eigenvalue weighted by molar-refractivity contribution is -0.384. The minimum Gasteiger partial charge on any atom is -0.355 e. The molecule has 1 aromatic carbocycles. The number of rotatable bonds is 2. The van der Waals surface area contributed by atoms with E-state index in [9.17, 15) is 14.9 Å². The van der Waals surface area contributed by atoms with Crippen molar-refractivity contribution in [1.29, 1.82) is 0 Å². The van der Waals surface area contributed by atoms with Crippen LogP contribution in [0.15, 0.2) is 18.2 Å². The predicted octanol–water partition coefficient (Wildman–Crippen LogP) is 2.75. The van der Waals surface area contributed by atoms with Gasteiger partial charge in [0.1, 0.15) is 5.02 Å². The highest BCUT2D eigenvalue weighted by atomic mass is 35.5. The SMILES string of the molecule is CC1(C)CN(C(=O)Nc2ccc(Cl)c([N+](=O)[O-])c2)C(=S)N1. The van der Waals surface area contributed by atoms with Crippen molar-refractivity contribution in [1.82, 2.24) is 10.2 Å². The normalized spacial score (nSPS) is 16.5. The Bertz CT molecular complexity index is 635. The molecule has 1 fully saturated rings. The second kappa shape index (κ2) is 5.45. The monoisotopic (exact) mass is 328 g/mol. The van der Waals surface area contributed by atoms with E-state index in [1.165, 1.54) is 23.1 Å². The largest absolute Gasteiger partial charge is 0.355 e. The second-order valence-corrected chi connectivity index (χ2v) is 6.05. The molecule has 2 rings (SSSR count). The van der Waals surface area contributed by atoms with E-state index in [0.717, 1.165) is 0 Å². The molecule has 0 aromatic heterocycles. The van der Waals surface area contributed by atoms with Crippen molar-refractivity contribution in [3.63, 3.8) is 0 Å². The van der Waals surface area contributed by atoms with Crippen molar-refractivity contribution in [2.45, 2.75) is 19.4 Å². The maximum atomic E-state index is 12.2. The number of hydrogen-bond acceptors (Lipinski definition) is 4. The maximum absolute atomic E-state index is 12.2. The molecule has 0 atom stereocenters. The summed E-state index contributed by atoms with van der Waals surface area (Å²) in [6.07, 6.45) is 0. The predicted molar refractivity (Wildman–Crippen MR) is 83.6 cm³/mol. The number of carbonyl (C=O) groups is 1. The summed E-state index contributed by atoms with van der Waals surface area (Å²) >= 11 is 10.8. The van der Waals surface area contributed by atoms with Gasteiger partial charge in [-0.25, -0.2) is 4.79 Å². The molecule has 0 aliphatic carbocycles. The Morgan fingerprint density at radius 1 is 1.57 bits per heavy atom. The summed E-state index contributed by atoms with van der Waals surface area (Å²) in [6.45, 7) is 4.24. The maximum Gasteiger partial charge on any atom is 0.328 e. The van der Waals surface area contributed by atoms with Gasteiger partial charge in [0.05, 0.1) is 17.0 Å². The molecule has 0 spiro atoms. The Hall–Kier alpha value is -1.93. The lowest BCUT2D eigenvalue weighted by Gasteiger charge is -2.17. The van der Waals surface area contributed by atoms with Gasteiger partial charge >= 0.3 is 6.03 Å². The van der Waals surface area contributed by atoms with Crippen LogP contribution in [0.25, 0.3) is 0 Å². The van der Waals surface area contributed by atoms with E-state index >= 15 is 0 Å². The number of nitrogens with one attached hydrogen (secondary N) is 2. The molecule has 2 amide bonds. The summed E-state index contributed by atoms with van der Waals surface area (Å²) in [5.41, 5.74) is -0.291. The van der Waals surface area contributed by atoms with E-state index in [2.05, 4.69) is 10.6 Å². The molecule has 7 nitrogen and oxygen atoms in total. The van der Waals surface area contributed by atoms with Gasteiger partial charge in [-0.15, -0.1) is 0 Å². The summed E-state index contributed by atoms with van der Waals surface area (Å²) in [7, 11) is 0. The standard InChI is InChI=1S/C12H13ClN4O3S/c1-12(2)6-16(11(21)15-12)10(18)14-7-3-4-8(13)9(5-7)17(19)20/h3-5H,6H2,1-2H3,(H,14,18)(H,15,21). The number of amides is 2. The first-order valence-electron chi connectivity index (χ1n) is 6.04. The van der Waals surface area contributed by atoms with Gasteiger partial charge in [0.2, 0.25) is 0 Å². The van der Waals surface area contributed by atoms with Gasteiger partial charge in [-0.05, 0) is 38.2 Å². The van der Waals surface area contributed by atoms with Crippen LogP contribution < -0.4 is 10.6 Å². The third-order valence-electron chi connectivity index (χ3n) is 2.88. The number of nitro groups is 1. The lowest BCUT2D eigenvalue weighted by atomic mass is 10.1. The van der Waals surface area contributed by atoms with E-state index < -0.39 is 11.0 Å². The van der Waals surface area contributed by atoms with E-state index in [-0.39, 0.29) is 21.9 Å². The number of urea groups is 1. The van der Waals surface area contributed by atoms with Gasteiger partial charge < -0.3 is 10.6 Å². The van der Waals surface area contributed by atoms with Gasteiger partial charge in [-0.1, -0.05) is 11.6 Å². The van der Waals surface area contributed by atoms with Crippen LogP contribution in [0.2, 0.25) is 5.02 Å². The highest BCUT2D eigenvalue weighted by Crippen LogP contribution is 2.27. The fraction of sp³-hybridized carbons (Fsp3) is 0.333. The number of anilines is 1. The first-order chi connectivity index (χ1) is 9.69. The Balaban J connectivity index is 2.15. The van der Waals surface area contributed by atoms with Gasteiger partial charge in [0.15, 0.2) is 5.11 Å². The topological polar surface area (TPSA) is 87.5 Å². The first kappa shape index (κ1) is 15.5. The molecule has 0 unspecified atom stereocenters. The fourth-order valence-corrected chi connectivity index (χ4v) is 2.56. The van der Waals surface area contributed by atoms with Crippen LogP contribution in [0.4, 0.5) is 16.2 Å². The Morgan fingerprint density at radius 2 is 2.24 bits per heavy atom. The fourth-order valence-electron chi connectivity index (χ4n) is 1.95. The van der Waals surface area contributed by atoms with Crippen LogP contribution in [-0.2, 0) is 0 Å². The van der Waals surface area contributed by atoms with Crippen molar-refractivity contribution in [3.05, 3.63) is 33.3 Å². The molecule has 0 saturated carbocycles. The molecule has 21 heavy (non-hydrogen) atoms. The van der Waals surface area contributed by atoms with Crippen LogP contribution in [-0.4, -0.2) is 33.1 Å². The molecule has 1 aliphatic heterocycles. The van der Waals surface area contributed by atoms with Crippen molar-refractivity contribution < 1.29 is 9.72 Å². The molecule has 0 radical (unpaired) electrons. The molecule has 9 heteroatoms. The first-order valence-corrected chi connectivity index (χ1v) is 6.83. The number of benzene rings is 1. The summed E-state index contributed by atoms with van der Waals surface area (Å²) in [6, 6.07) is 3.61. The molecule has 0 bridgehead atoms. The minimum absolute atomic E-state index is 0.0116. The molecule has 2 N–H and O–H groups in total. The number of nitrogens with zero attached hydrogens (tertiary/aromatic N) is 2. The number of halogens is 1. The van der Waals surface area contributed by atoms with Crippen LogP contribution in [0.5, 0.6) is 0 Å². The minimum atomic E-state index is -0.608. The van der Waals surface area contributed by atoms with Crippen molar-refractivity contribution in [3.8, 4) is 0 Å². The second-order valence-electron chi connectivity index (χ2n) is 5.25. The van der Waals surface area contributed by atoms with E-state index in [1.54, 1.807) is 0 Å². The molecular formula is C12H13ClN4O3S. The summed E-state index contributed by atoms with van der Waals surface area (Å²) in [5, 5.41) is 16.7. The summed E-state index contributed by atoms with van der Waals surface area (Å²) < 4.78 is 0. The highest BCUT2D eigenvalue weighted by molar-refractivity contribution is 7.80. The average Bonchev–Trinajstić information content (AvgIpc) is 2.65. The highest BCUT2D eigenvalue weighted by Gasteiger charge is 2.35. The van der Waals surface area contributed by atoms with Crippen LogP contribution >= 0.6 is 23.8 Å². The number of nitro benzene ring substituents is 1. The van der Waals surface area contributed by atoms with Crippen molar-refractivity contribution in [2.75, 3.05) is 11.9 Å². The number of thiocarbonyl (C=S) groups is 1. The average molecular weight is 329 g/mol.